The maximum absolute atomic E-state index is 4.66. The second-order valence-corrected chi connectivity index (χ2v) is 4.78. The van der Waals surface area contributed by atoms with Crippen LogP contribution in [0.2, 0.25) is 0 Å². The summed E-state index contributed by atoms with van der Waals surface area (Å²) in [6, 6.07) is 0.533. The standard InChI is InChI=1S/C12H21N3/c1-8-5-6-13-7-12(8)15-11(4)9(2)10(3)14-15/h8,12-13H,5-7H2,1-4H3. The highest BCUT2D eigenvalue weighted by Crippen LogP contribution is 2.26. The summed E-state index contributed by atoms with van der Waals surface area (Å²) in [7, 11) is 0. The van der Waals surface area contributed by atoms with Crippen LogP contribution >= 0.6 is 0 Å². The third-order valence-corrected chi connectivity index (χ3v) is 3.79. The second-order valence-electron chi connectivity index (χ2n) is 4.78. The highest BCUT2D eigenvalue weighted by atomic mass is 15.3. The van der Waals surface area contributed by atoms with E-state index in [1.54, 1.807) is 0 Å². The Morgan fingerprint density at radius 3 is 2.60 bits per heavy atom. The van der Waals surface area contributed by atoms with E-state index in [1.807, 2.05) is 0 Å². The molecule has 0 bridgehead atoms. The Bertz CT molecular complexity index is 354. The van der Waals surface area contributed by atoms with Crippen LogP contribution < -0.4 is 5.32 Å². The van der Waals surface area contributed by atoms with Gasteiger partial charge in [0.05, 0.1) is 11.7 Å². The third kappa shape index (κ3) is 1.81. The lowest BCUT2D eigenvalue weighted by Crippen LogP contribution is -2.37. The fourth-order valence-electron chi connectivity index (χ4n) is 2.37. The van der Waals surface area contributed by atoms with Crippen LogP contribution in [0.1, 0.15) is 36.3 Å². The predicted octanol–water partition coefficient (Wildman–Crippen LogP) is 1.98. The molecule has 1 N–H and O–H groups in total. The molecule has 2 atom stereocenters. The predicted molar refractivity (Wildman–Crippen MR) is 62.1 cm³/mol. The van der Waals surface area contributed by atoms with Crippen molar-refractivity contribution in [3.8, 4) is 0 Å². The van der Waals surface area contributed by atoms with Gasteiger partial charge in [0.2, 0.25) is 0 Å². The van der Waals surface area contributed by atoms with Crippen molar-refractivity contribution in [1.82, 2.24) is 15.1 Å². The quantitative estimate of drug-likeness (QED) is 0.763. The van der Waals surface area contributed by atoms with E-state index in [2.05, 4.69) is 42.8 Å². The molecule has 1 aliphatic heterocycles. The molecule has 0 aromatic carbocycles. The number of hydrogen-bond donors (Lipinski definition) is 1. The van der Waals surface area contributed by atoms with E-state index in [1.165, 1.54) is 23.4 Å². The van der Waals surface area contributed by atoms with E-state index < -0.39 is 0 Å². The van der Waals surface area contributed by atoms with Crippen molar-refractivity contribution >= 4 is 0 Å². The number of nitrogens with zero attached hydrogens (tertiary/aromatic N) is 2. The van der Waals surface area contributed by atoms with Gasteiger partial charge in [-0.25, -0.2) is 0 Å². The molecule has 0 saturated carbocycles. The van der Waals surface area contributed by atoms with Gasteiger partial charge in [-0.1, -0.05) is 6.92 Å². The molecule has 2 heterocycles. The number of piperidine rings is 1. The van der Waals surface area contributed by atoms with Crippen LogP contribution in [0.15, 0.2) is 0 Å². The number of aromatic nitrogens is 2. The Balaban J connectivity index is 2.31. The molecule has 3 nitrogen and oxygen atoms in total. The van der Waals surface area contributed by atoms with Gasteiger partial charge in [0.1, 0.15) is 0 Å². The van der Waals surface area contributed by atoms with Crippen LogP contribution in [-0.4, -0.2) is 22.9 Å². The molecular formula is C12H21N3. The smallest absolute Gasteiger partial charge is 0.0672 e. The third-order valence-electron chi connectivity index (χ3n) is 3.79. The maximum Gasteiger partial charge on any atom is 0.0672 e. The molecule has 1 fully saturated rings. The summed E-state index contributed by atoms with van der Waals surface area (Å²) >= 11 is 0. The van der Waals surface area contributed by atoms with E-state index in [9.17, 15) is 0 Å². The monoisotopic (exact) mass is 207 g/mol. The van der Waals surface area contributed by atoms with Crippen molar-refractivity contribution in [2.75, 3.05) is 13.1 Å². The summed E-state index contributed by atoms with van der Waals surface area (Å²) in [6.45, 7) is 11.0. The number of hydrogen-bond acceptors (Lipinski definition) is 2. The van der Waals surface area contributed by atoms with Crippen LogP contribution in [0.25, 0.3) is 0 Å². The lowest BCUT2D eigenvalue weighted by molar-refractivity contribution is 0.252. The van der Waals surface area contributed by atoms with Crippen molar-refractivity contribution < 1.29 is 0 Å². The fraction of sp³-hybridized carbons (Fsp3) is 0.750. The Morgan fingerprint density at radius 2 is 2.07 bits per heavy atom. The van der Waals surface area contributed by atoms with E-state index in [0.717, 1.165) is 19.0 Å². The molecule has 1 saturated heterocycles. The first-order valence-electron chi connectivity index (χ1n) is 5.84. The molecule has 2 unspecified atom stereocenters. The lowest BCUT2D eigenvalue weighted by Gasteiger charge is -2.30. The van der Waals surface area contributed by atoms with Gasteiger partial charge in [0, 0.05) is 12.2 Å². The van der Waals surface area contributed by atoms with Gasteiger partial charge < -0.3 is 5.32 Å². The van der Waals surface area contributed by atoms with E-state index in [0.29, 0.717) is 6.04 Å². The van der Waals surface area contributed by atoms with E-state index in [-0.39, 0.29) is 0 Å². The molecule has 15 heavy (non-hydrogen) atoms. The van der Waals surface area contributed by atoms with Gasteiger partial charge in [-0.15, -0.1) is 0 Å². The Morgan fingerprint density at radius 1 is 1.33 bits per heavy atom. The van der Waals surface area contributed by atoms with Gasteiger partial charge in [0.25, 0.3) is 0 Å². The zero-order valence-electron chi connectivity index (χ0n) is 10.2. The normalized spacial score (nSPS) is 26.9. The Labute approximate surface area is 91.9 Å². The summed E-state index contributed by atoms with van der Waals surface area (Å²) in [5.74, 6) is 0.726. The largest absolute Gasteiger partial charge is 0.315 e. The lowest BCUT2D eigenvalue weighted by atomic mass is 9.95. The minimum atomic E-state index is 0.533. The molecule has 0 aliphatic carbocycles. The first-order valence-corrected chi connectivity index (χ1v) is 5.84. The molecular weight excluding hydrogens is 186 g/mol. The molecule has 1 aromatic rings. The number of aryl methyl sites for hydroxylation is 1. The molecule has 0 radical (unpaired) electrons. The first-order chi connectivity index (χ1) is 7.11. The van der Waals surface area contributed by atoms with Crippen LogP contribution in [-0.2, 0) is 0 Å². The average Bonchev–Trinajstić information content (AvgIpc) is 2.47. The summed E-state index contributed by atoms with van der Waals surface area (Å²) < 4.78 is 2.22. The van der Waals surface area contributed by atoms with Crippen molar-refractivity contribution in [1.29, 1.82) is 0 Å². The molecule has 1 aromatic heterocycles. The first kappa shape index (κ1) is 10.7. The summed E-state index contributed by atoms with van der Waals surface area (Å²) in [5.41, 5.74) is 3.84. The summed E-state index contributed by atoms with van der Waals surface area (Å²) in [5, 5.41) is 8.12. The van der Waals surface area contributed by atoms with Crippen LogP contribution in [0, 0.1) is 26.7 Å². The van der Waals surface area contributed by atoms with Crippen LogP contribution in [0.3, 0.4) is 0 Å². The summed E-state index contributed by atoms with van der Waals surface area (Å²) in [4.78, 5) is 0. The summed E-state index contributed by atoms with van der Waals surface area (Å²) in [6.07, 6.45) is 1.25. The highest BCUT2D eigenvalue weighted by molar-refractivity contribution is 5.22. The van der Waals surface area contributed by atoms with Gasteiger partial charge in [-0.3, -0.25) is 4.68 Å². The number of rotatable bonds is 1. The fourth-order valence-corrected chi connectivity index (χ4v) is 2.37. The second kappa shape index (κ2) is 3.97. The van der Waals surface area contributed by atoms with Crippen LogP contribution in [0.5, 0.6) is 0 Å². The van der Waals surface area contributed by atoms with Crippen molar-refractivity contribution in [3.05, 3.63) is 17.0 Å². The maximum atomic E-state index is 4.66. The number of nitrogens with one attached hydrogen (secondary N) is 1. The minimum absolute atomic E-state index is 0.533. The van der Waals surface area contributed by atoms with Crippen molar-refractivity contribution in [2.24, 2.45) is 5.92 Å². The van der Waals surface area contributed by atoms with Gasteiger partial charge in [-0.2, -0.15) is 5.10 Å². The molecule has 0 spiro atoms. The topological polar surface area (TPSA) is 29.9 Å². The zero-order chi connectivity index (χ0) is 11.0. The molecule has 0 amide bonds. The molecule has 2 rings (SSSR count). The van der Waals surface area contributed by atoms with Gasteiger partial charge >= 0.3 is 0 Å². The molecule has 3 heteroatoms. The average molecular weight is 207 g/mol. The Kier molecular flexibility index (Phi) is 2.83. The Hall–Kier alpha value is -0.830. The van der Waals surface area contributed by atoms with Gasteiger partial charge in [0.15, 0.2) is 0 Å². The molecule has 84 valence electrons. The minimum Gasteiger partial charge on any atom is -0.315 e. The highest BCUT2D eigenvalue weighted by Gasteiger charge is 2.25. The van der Waals surface area contributed by atoms with Crippen molar-refractivity contribution in [2.45, 2.75) is 40.2 Å². The SMILES string of the molecule is Cc1nn(C2CNCCC2C)c(C)c1C. The zero-order valence-corrected chi connectivity index (χ0v) is 10.2. The van der Waals surface area contributed by atoms with E-state index >= 15 is 0 Å². The van der Waals surface area contributed by atoms with E-state index in [4.69, 9.17) is 0 Å². The van der Waals surface area contributed by atoms with Crippen molar-refractivity contribution in [3.63, 3.8) is 0 Å². The molecule has 1 aliphatic rings. The van der Waals surface area contributed by atoms with Crippen LogP contribution in [0.4, 0.5) is 0 Å². The van der Waals surface area contributed by atoms with Gasteiger partial charge in [-0.05, 0) is 45.2 Å².